The smallest absolute Gasteiger partial charge is 0.335 e. The highest BCUT2D eigenvalue weighted by Crippen LogP contribution is 2.48. The van der Waals surface area contributed by atoms with Gasteiger partial charge in [-0.25, -0.2) is 9.18 Å². The van der Waals surface area contributed by atoms with E-state index in [0.717, 1.165) is 36.2 Å². The normalized spacial score (nSPS) is 27.9. The largest absolute Gasteiger partial charge is 0.478 e. The van der Waals surface area contributed by atoms with Gasteiger partial charge in [-0.3, -0.25) is 0 Å². The third kappa shape index (κ3) is 5.33. The Bertz CT molecular complexity index is 627. The van der Waals surface area contributed by atoms with Crippen LogP contribution in [0.4, 0.5) is 4.39 Å². The second kappa shape index (κ2) is 9.71. The van der Waals surface area contributed by atoms with E-state index in [2.05, 4.69) is 6.92 Å². The fraction of sp³-hybridized carbons (Fsp3) is 0.708. The molecule has 3 rings (SSSR count). The molecule has 2 fully saturated rings. The number of hydrogen-bond donors (Lipinski definition) is 1. The van der Waals surface area contributed by atoms with Crippen molar-refractivity contribution in [1.82, 2.24) is 0 Å². The molecule has 4 unspecified atom stereocenters. The molecule has 0 aromatic heterocycles. The van der Waals surface area contributed by atoms with Crippen LogP contribution in [0, 0.1) is 23.6 Å². The molecule has 1 N–H and O–H groups in total. The Morgan fingerprint density at radius 2 is 1.78 bits per heavy atom. The van der Waals surface area contributed by atoms with Crippen LogP contribution in [0.15, 0.2) is 18.2 Å². The minimum Gasteiger partial charge on any atom is -0.478 e. The van der Waals surface area contributed by atoms with Crippen molar-refractivity contribution < 1.29 is 14.3 Å². The number of halogens is 1. The summed E-state index contributed by atoms with van der Waals surface area (Å²) in [5.74, 6) is 1.35. The highest BCUT2D eigenvalue weighted by atomic mass is 19.1. The molecule has 2 aliphatic carbocycles. The minimum atomic E-state index is -1.06. The van der Waals surface area contributed by atoms with Gasteiger partial charge in [-0.1, -0.05) is 57.9 Å². The molecule has 150 valence electrons. The maximum atomic E-state index is 14.4. The first-order valence-corrected chi connectivity index (χ1v) is 11.1. The summed E-state index contributed by atoms with van der Waals surface area (Å²) in [5, 5.41) is 9.03. The van der Waals surface area contributed by atoms with Crippen molar-refractivity contribution in [3.63, 3.8) is 0 Å². The number of unbranched alkanes of at least 4 members (excludes halogenated alkanes) is 4. The standard InChI is InChI=1S/C24H35FO2/c1-2-3-4-5-6-7-17-8-9-19-15-20(11-10-18(19)14-17)22-13-12-21(24(26)27)16-23(22)25/h12-13,16-20H,2-11,14-15H2,1H3,(H,26,27). The number of carboxylic acids is 1. The first-order valence-electron chi connectivity index (χ1n) is 11.1. The van der Waals surface area contributed by atoms with Crippen molar-refractivity contribution in [3.05, 3.63) is 35.1 Å². The van der Waals surface area contributed by atoms with Crippen LogP contribution in [-0.2, 0) is 0 Å². The van der Waals surface area contributed by atoms with Gasteiger partial charge < -0.3 is 5.11 Å². The van der Waals surface area contributed by atoms with Crippen molar-refractivity contribution in [1.29, 1.82) is 0 Å². The van der Waals surface area contributed by atoms with Gasteiger partial charge >= 0.3 is 5.97 Å². The summed E-state index contributed by atoms with van der Waals surface area (Å²) in [6.07, 6.45) is 15.6. The molecule has 0 bridgehead atoms. The van der Waals surface area contributed by atoms with Gasteiger partial charge in [-0.2, -0.15) is 0 Å². The predicted octanol–water partition coefficient (Wildman–Crippen LogP) is 7.18. The fourth-order valence-electron chi connectivity index (χ4n) is 5.56. The molecule has 0 heterocycles. The Kier molecular flexibility index (Phi) is 7.32. The van der Waals surface area contributed by atoms with Crippen molar-refractivity contribution in [2.45, 2.75) is 89.9 Å². The van der Waals surface area contributed by atoms with E-state index in [0.29, 0.717) is 0 Å². The topological polar surface area (TPSA) is 37.3 Å². The van der Waals surface area contributed by atoms with Crippen molar-refractivity contribution in [3.8, 4) is 0 Å². The summed E-state index contributed by atoms with van der Waals surface area (Å²) in [6, 6.07) is 4.47. The molecule has 0 amide bonds. The first-order chi connectivity index (χ1) is 13.1. The summed E-state index contributed by atoms with van der Waals surface area (Å²) in [5.41, 5.74) is 0.779. The lowest BCUT2D eigenvalue weighted by atomic mass is 9.63. The molecule has 3 heteroatoms. The molecule has 0 saturated heterocycles. The molecule has 27 heavy (non-hydrogen) atoms. The Morgan fingerprint density at radius 1 is 1.04 bits per heavy atom. The van der Waals surface area contributed by atoms with Gasteiger partial charge in [-0.05, 0) is 73.5 Å². The number of hydrogen-bond acceptors (Lipinski definition) is 1. The van der Waals surface area contributed by atoms with Crippen molar-refractivity contribution in [2.24, 2.45) is 17.8 Å². The Balaban J connectivity index is 1.50. The van der Waals surface area contributed by atoms with Crippen LogP contribution >= 0.6 is 0 Å². The molecule has 0 aliphatic heterocycles. The minimum absolute atomic E-state index is 0.0457. The summed E-state index contributed by atoms with van der Waals surface area (Å²) in [4.78, 5) is 11.0. The fourth-order valence-corrected chi connectivity index (χ4v) is 5.56. The molecule has 2 saturated carbocycles. The van der Waals surface area contributed by atoms with Gasteiger partial charge in [0.25, 0.3) is 0 Å². The van der Waals surface area contributed by atoms with Crippen LogP contribution in [0.1, 0.15) is 106 Å². The molecule has 0 radical (unpaired) electrons. The van der Waals surface area contributed by atoms with Crippen LogP contribution in [-0.4, -0.2) is 11.1 Å². The number of fused-ring (bicyclic) bond motifs is 1. The van der Waals surface area contributed by atoms with Gasteiger partial charge in [0.15, 0.2) is 0 Å². The van der Waals surface area contributed by atoms with Gasteiger partial charge in [-0.15, -0.1) is 0 Å². The van der Waals surface area contributed by atoms with E-state index in [1.807, 2.05) is 0 Å². The number of rotatable bonds is 8. The van der Waals surface area contributed by atoms with Crippen LogP contribution in [0.5, 0.6) is 0 Å². The summed E-state index contributed by atoms with van der Waals surface area (Å²) in [7, 11) is 0. The number of carbonyl (C=O) groups is 1. The van der Waals surface area contributed by atoms with Crippen LogP contribution in [0.25, 0.3) is 0 Å². The maximum absolute atomic E-state index is 14.4. The van der Waals surface area contributed by atoms with Gasteiger partial charge in [0.1, 0.15) is 5.82 Å². The molecular weight excluding hydrogens is 339 g/mol. The Morgan fingerprint density at radius 3 is 2.52 bits per heavy atom. The number of carboxylic acid groups (broad SMARTS) is 1. The molecule has 0 spiro atoms. The summed E-state index contributed by atoms with van der Waals surface area (Å²) < 4.78 is 14.4. The third-order valence-corrected chi connectivity index (χ3v) is 7.12. The second-order valence-corrected chi connectivity index (χ2v) is 8.95. The van der Waals surface area contributed by atoms with E-state index in [1.165, 1.54) is 70.3 Å². The number of aromatic carboxylic acids is 1. The zero-order valence-electron chi connectivity index (χ0n) is 16.8. The first kappa shape index (κ1) is 20.4. The zero-order valence-corrected chi connectivity index (χ0v) is 16.8. The lowest BCUT2D eigenvalue weighted by Crippen LogP contribution is -2.30. The Hall–Kier alpha value is -1.38. The average molecular weight is 375 g/mol. The average Bonchev–Trinajstić information content (AvgIpc) is 2.67. The van der Waals surface area contributed by atoms with Gasteiger partial charge in [0, 0.05) is 0 Å². The van der Waals surface area contributed by atoms with E-state index in [1.54, 1.807) is 12.1 Å². The van der Waals surface area contributed by atoms with E-state index in [9.17, 15) is 9.18 Å². The molecule has 1 aromatic rings. The SMILES string of the molecule is CCCCCCCC1CCC2CC(c3ccc(C(=O)O)cc3F)CCC2C1. The van der Waals surface area contributed by atoms with Crippen LogP contribution in [0.3, 0.4) is 0 Å². The monoisotopic (exact) mass is 374 g/mol. The molecule has 2 aliphatic rings. The Labute approximate surface area is 163 Å². The van der Waals surface area contributed by atoms with Crippen molar-refractivity contribution in [2.75, 3.05) is 0 Å². The quantitative estimate of drug-likeness (QED) is 0.489. The van der Waals surface area contributed by atoms with E-state index in [-0.39, 0.29) is 17.3 Å². The molecule has 1 aromatic carbocycles. The molecule has 4 atom stereocenters. The van der Waals surface area contributed by atoms with Crippen LogP contribution in [0.2, 0.25) is 0 Å². The van der Waals surface area contributed by atoms with Gasteiger partial charge in [0.05, 0.1) is 5.56 Å². The highest BCUT2D eigenvalue weighted by Gasteiger charge is 2.36. The molecule has 2 nitrogen and oxygen atoms in total. The summed E-state index contributed by atoms with van der Waals surface area (Å²) >= 11 is 0. The third-order valence-electron chi connectivity index (χ3n) is 7.12. The highest BCUT2D eigenvalue weighted by molar-refractivity contribution is 5.87. The van der Waals surface area contributed by atoms with E-state index >= 15 is 0 Å². The zero-order chi connectivity index (χ0) is 19.2. The molecular formula is C24H35FO2. The lowest BCUT2D eigenvalue weighted by Gasteiger charge is -2.42. The van der Waals surface area contributed by atoms with Crippen molar-refractivity contribution >= 4 is 5.97 Å². The second-order valence-electron chi connectivity index (χ2n) is 8.95. The number of benzene rings is 1. The van der Waals surface area contributed by atoms with E-state index < -0.39 is 5.97 Å². The summed E-state index contributed by atoms with van der Waals surface area (Å²) in [6.45, 7) is 2.27. The predicted molar refractivity (Wildman–Crippen MR) is 108 cm³/mol. The van der Waals surface area contributed by atoms with Crippen LogP contribution < -0.4 is 0 Å². The van der Waals surface area contributed by atoms with Gasteiger partial charge in [0.2, 0.25) is 0 Å². The maximum Gasteiger partial charge on any atom is 0.335 e. The van der Waals surface area contributed by atoms with E-state index in [4.69, 9.17) is 5.11 Å². The lowest BCUT2D eigenvalue weighted by molar-refractivity contribution is 0.0696.